The summed E-state index contributed by atoms with van der Waals surface area (Å²) in [7, 11) is 0. The van der Waals surface area contributed by atoms with Gasteiger partial charge in [0.1, 0.15) is 0 Å². The van der Waals surface area contributed by atoms with E-state index >= 15 is 0 Å². The number of carboxylic acid groups (broad SMARTS) is 1. The van der Waals surface area contributed by atoms with Crippen LogP contribution in [0.25, 0.3) is 0 Å². The van der Waals surface area contributed by atoms with E-state index in [0.717, 1.165) is 6.42 Å². The maximum atomic E-state index is 9.79. The second-order valence-corrected chi connectivity index (χ2v) is 1.91. The number of aliphatic hydroxyl groups is 1. The van der Waals surface area contributed by atoms with E-state index in [1.807, 2.05) is 0 Å². The van der Waals surface area contributed by atoms with E-state index in [4.69, 9.17) is 5.11 Å². The van der Waals surface area contributed by atoms with Crippen molar-refractivity contribution < 1.29 is 66.4 Å². The quantitative estimate of drug-likeness (QED) is 0.341. The normalized spacial score (nSPS) is 8.50. The Kier molecular flexibility index (Phi) is 13.7. The number of carbonyl (C=O) groups is 1. The molecule has 0 aromatic rings. The zero-order valence-corrected chi connectivity index (χ0v) is 9.42. The van der Waals surface area contributed by atoms with E-state index in [1.54, 1.807) is 0 Å². The first kappa shape index (κ1) is 13.6. The van der Waals surface area contributed by atoms with E-state index in [9.17, 15) is 9.90 Å². The van der Waals surface area contributed by atoms with E-state index in [0.29, 0.717) is 12.8 Å². The van der Waals surface area contributed by atoms with Crippen LogP contribution in [0.4, 0.5) is 0 Å². The number of aliphatic carboxylic acids is 1. The van der Waals surface area contributed by atoms with Crippen LogP contribution in [0.15, 0.2) is 0 Å². The van der Waals surface area contributed by atoms with Crippen molar-refractivity contribution in [2.45, 2.75) is 25.7 Å². The molecule has 0 heterocycles. The van der Waals surface area contributed by atoms with Crippen LogP contribution in [-0.2, 0) is 4.79 Å². The Hall–Kier alpha value is 1.07. The molecule has 0 bridgehead atoms. The minimum Gasteiger partial charge on any atom is -0.550 e. The van der Waals surface area contributed by atoms with E-state index in [2.05, 4.69) is 0 Å². The summed E-state index contributed by atoms with van der Waals surface area (Å²) in [5.74, 6) is -1.01. The van der Waals surface area contributed by atoms with Gasteiger partial charge in [-0.25, -0.2) is 0 Å². The predicted octanol–water partition coefficient (Wildman–Crippen LogP) is -3.71. The average molecular weight is 170 g/mol. The Morgan fingerprint density at radius 3 is 2.30 bits per heavy atom. The second kappa shape index (κ2) is 10.1. The van der Waals surface area contributed by atoms with Crippen molar-refractivity contribution in [3.8, 4) is 0 Å². The average Bonchev–Trinajstić information content (AvgIpc) is 1.80. The Bertz CT molecular complexity index is 85.1. The third-order valence-electron chi connectivity index (χ3n) is 1.04. The van der Waals surface area contributed by atoms with Gasteiger partial charge < -0.3 is 15.0 Å². The molecule has 0 amide bonds. The van der Waals surface area contributed by atoms with Crippen molar-refractivity contribution in [1.29, 1.82) is 0 Å². The molecular weight excluding hydrogens is 159 g/mol. The molecule has 1 N–H and O–H groups in total. The van der Waals surface area contributed by atoms with Crippen LogP contribution in [0.5, 0.6) is 0 Å². The molecular formula is C6H11KO3. The molecule has 0 unspecified atom stereocenters. The van der Waals surface area contributed by atoms with Gasteiger partial charge in [-0.3, -0.25) is 0 Å². The number of carbonyl (C=O) groups excluding carboxylic acids is 1. The van der Waals surface area contributed by atoms with Crippen molar-refractivity contribution >= 4 is 5.97 Å². The summed E-state index contributed by atoms with van der Waals surface area (Å²) >= 11 is 0. The molecule has 0 aliphatic rings. The summed E-state index contributed by atoms with van der Waals surface area (Å²) in [6, 6.07) is 0. The van der Waals surface area contributed by atoms with E-state index < -0.39 is 5.97 Å². The molecule has 0 atom stereocenters. The van der Waals surface area contributed by atoms with E-state index in [-0.39, 0.29) is 64.4 Å². The molecule has 0 aromatic carbocycles. The van der Waals surface area contributed by atoms with Crippen LogP contribution in [0.1, 0.15) is 25.7 Å². The largest absolute Gasteiger partial charge is 1.00 e. The predicted molar refractivity (Wildman–Crippen MR) is 30.6 cm³/mol. The molecule has 0 rings (SSSR count). The maximum absolute atomic E-state index is 9.79. The molecule has 0 spiro atoms. The summed E-state index contributed by atoms with van der Waals surface area (Å²) in [5.41, 5.74) is 0. The van der Waals surface area contributed by atoms with Gasteiger partial charge in [-0.05, 0) is 19.3 Å². The van der Waals surface area contributed by atoms with Gasteiger partial charge in [0.05, 0.1) is 0 Å². The third-order valence-corrected chi connectivity index (χ3v) is 1.04. The van der Waals surface area contributed by atoms with Crippen LogP contribution < -0.4 is 56.5 Å². The number of rotatable bonds is 5. The molecule has 4 heteroatoms. The monoisotopic (exact) mass is 170 g/mol. The van der Waals surface area contributed by atoms with Gasteiger partial charge in [-0.15, -0.1) is 0 Å². The van der Waals surface area contributed by atoms with Crippen molar-refractivity contribution in [2.75, 3.05) is 6.61 Å². The molecule has 0 saturated heterocycles. The van der Waals surface area contributed by atoms with Crippen LogP contribution in [0, 0.1) is 0 Å². The summed E-state index contributed by atoms with van der Waals surface area (Å²) in [4.78, 5) is 9.79. The van der Waals surface area contributed by atoms with E-state index in [1.165, 1.54) is 0 Å². The molecule has 0 saturated carbocycles. The number of carboxylic acids is 1. The van der Waals surface area contributed by atoms with Gasteiger partial charge in [-0.1, -0.05) is 6.42 Å². The SMILES string of the molecule is O=C([O-])CCCCCO.[K+]. The fourth-order valence-corrected chi connectivity index (χ4v) is 0.558. The van der Waals surface area contributed by atoms with Gasteiger partial charge in [0, 0.05) is 12.6 Å². The molecule has 54 valence electrons. The summed E-state index contributed by atoms with van der Waals surface area (Å²) < 4.78 is 0. The fourth-order valence-electron chi connectivity index (χ4n) is 0.558. The van der Waals surface area contributed by atoms with Gasteiger partial charge in [0.25, 0.3) is 0 Å². The van der Waals surface area contributed by atoms with Crippen LogP contribution in [0.3, 0.4) is 0 Å². The van der Waals surface area contributed by atoms with Gasteiger partial charge in [0.2, 0.25) is 0 Å². The van der Waals surface area contributed by atoms with Crippen LogP contribution in [0.2, 0.25) is 0 Å². The first-order valence-corrected chi connectivity index (χ1v) is 3.08. The number of hydrogen-bond donors (Lipinski definition) is 1. The zero-order chi connectivity index (χ0) is 7.11. The van der Waals surface area contributed by atoms with Crippen molar-refractivity contribution in [1.82, 2.24) is 0 Å². The summed E-state index contributed by atoms with van der Waals surface area (Å²) in [5, 5.41) is 18.1. The first-order chi connectivity index (χ1) is 4.27. The molecule has 0 aromatic heterocycles. The van der Waals surface area contributed by atoms with Crippen molar-refractivity contribution in [3.05, 3.63) is 0 Å². The summed E-state index contributed by atoms with van der Waals surface area (Å²) in [6.45, 7) is 0.146. The molecule has 0 aliphatic heterocycles. The third kappa shape index (κ3) is 11.8. The topological polar surface area (TPSA) is 60.4 Å². The molecule has 0 fully saturated rings. The van der Waals surface area contributed by atoms with Crippen LogP contribution in [-0.4, -0.2) is 17.7 Å². The molecule has 0 radical (unpaired) electrons. The number of unbranched alkanes of at least 4 members (excludes halogenated alkanes) is 2. The molecule has 3 nitrogen and oxygen atoms in total. The Balaban J connectivity index is 0. The number of aliphatic hydroxyl groups excluding tert-OH is 1. The molecule has 0 aliphatic carbocycles. The second-order valence-electron chi connectivity index (χ2n) is 1.91. The Labute approximate surface area is 103 Å². The first-order valence-electron chi connectivity index (χ1n) is 3.08. The zero-order valence-electron chi connectivity index (χ0n) is 6.30. The van der Waals surface area contributed by atoms with Crippen LogP contribution >= 0.6 is 0 Å². The minimum atomic E-state index is -1.01. The Morgan fingerprint density at radius 1 is 1.30 bits per heavy atom. The van der Waals surface area contributed by atoms with Crippen molar-refractivity contribution in [2.24, 2.45) is 0 Å². The van der Waals surface area contributed by atoms with Crippen molar-refractivity contribution in [3.63, 3.8) is 0 Å². The van der Waals surface area contributed by atoms with Gasteiger partial charge in [-0.2, -0.15) is 0 Å². The minimum absolute atomic E-state index is 0. The summed E-state index contributed by atoms with van der Waals surface area (Å²) in [6.07, 6.45) is 2.18. The maximum Gasteiger partial charge on any atom is 1.00 e. The smallest absolute Gasteiger partial charge is 0.550 e. The Morgan fingerprint density at radius 2 is 1.90 bits per heavy atom. The fraction of sp³-hybridized carbons (Fsp3) is 0.833. The van der Waals surface area contributed by atoms with Gasteiger partial charge in [0.15, 0.2) is 0 Å². The number of hydrogen-bond acceptors (Lipinski definition) is 3. The van der Waals surface area contributed by atoms with Gasteiger partial charge >= 0.3 is 51.4 Å². The molecule has 10 heavy (non-hydrogen) atoms. The standard InChI is InChI=1S/C6H12O3.K/c7-5-3-1-2-4-6(8)9;/h7H,1-5H2,(H,8,9);/q;+1/p-1.